The lowest BCUT2D eigenvalue weighted by atomic mass is 9.90. The molecule has 294 valence electrons. The molecular formula is C60H38N2O. The van der Waals surface area contributed by atoms with Gasteiger partial charge in [0.1, 0.15) is 11.2 Å². The molecule has 0 bridgehead atoms. The highest BCUT2D eigenvalue weighted by Crippen LogP contribution is 2.54. The minimum absolute atomic E-state index is 0.900. The summed E-state index contributed by atoms with van der Waals surface area (Å²) >= 11 is 0. The number of anilines is 6. The molecule has 13 rings (SSSR count). The van der Waals surface area contributed by atoms with E-state index >= 15 is 0 Å². The normalized spacial score (nSPS) is 12.4. The van der Waals surface area contributed by atoms with Crippen LogP contribution in [0.1, 0.15) is 0 Å². The summed E-state index contributed by atoms with van der Waals surface area (Å²) in [6.45, 7) is 0. The Labute approximate surface area is 366 Å². The number of rotatable bonds is 4. The molecule has 0 aliphatic carbocycles. The van der Waals surface area contributed by atoms with E-state index < -0.39 is 0 Å². The Morgan fingerprint density at radius 2 is 0.698 bits per heavy atom. The molecule has 2 aliphatic rings. The van der Waals surface area contributed by atoms with Crippen molar-refractivity contribution >= 4 is 56.1 Å². The Balaban J connectivity index is 1.00. The summed E-state index contributed by atoms with van der Waals surface area (Å²) < 4.78 is 6.54. The van der Waals surface area contributed by atoms with E-state index in [1.54, 1.807) is 0 Å². The van der Waals surface area contributed by atoms with Crippen LogP contribution in [0.25, 0.3) is 88.7 Å². The van der Waals surface area contributed by atoms with Gasteiger partial charge in [-0.1, -0.05) is 164 Å². The largest absolute Gasteiger partial charge is 0.455 e. The molecule has 63 heavy (non-hydrogen) atoms. The predicted molar refractivity (Wildman–Crippen MR) is 263 cm³/mol. The molecule has 0 atom stereocenters. The Kier molecular flexibility index (Phi) is 7.91. The predicted octanol–water partition coefficient (Wildman–Crippen LogP) is 17.2. The topological polar surface area (TPSA) is 19.6 Å². The number of hydrogen-bond acceptors (Lipinski definition) is 3. The average Bonchev–Trinajstić information content (AvgIpc) is 3.62. The highest BCUT2D eigenvalue weighted by molar-refractivity contribution is 6.10. The van der Waals surface area contributed by atoms with Gasteiger partial charge in [-0.25, -0.2) is 0 Å². The third kappa shape index (κ3) is 5.53. The van der Waals surface area contributed by atoms with E-state index in [4.69, 9.17) is 4.42 Å². The summed E-state index contributed by atoms with van der Waals surface area (Å²) in [5.74, 6) is 0. The molecule has 0 fully saturated rings. The minimum Gasteiger partial charge on any atom is -0.455 e. The zero-order valence-electron chi connectivity index (χ0n) is 34.2. The van der Waals surface area contributed by atoms with Crippen molar-refractivity contribution in [2.45, 2.75) is 0 Å². The maximum atomic E-state index is 6.54. The van der Waals surface area contributed by atoms with Crippen LogP contribution in [-0.4, -0.2) is 0 Å². The second-order valence-corrected chi connectivity index (χ2v) is 16.4. The highest BCUT2D eigenvalue weighted by atomic mass is 16.3. The summed E-state index contributed by atoms with van der Waals surface area (Å²) in [7, 11) is 0. The highest BCUT2D eigenvalue weighted by Gasteiger charge is 2.29. The van der Waals surface area contributed by atoms with Crippen LogP contribution < -0.4 is 9.80 Å². The van der Waals surface area contributed by atoms with Crippen molar-refractivity contribution in [1.82, 2.24) is 0 Å². The van der Waals surface area contributed by atoms with E-state index in [0.717, 1.165) is 72.6 Å². The van der Waals surface area contributed by atoms with Crippen LogP contribution in [0.4, 0.5) is 34.1 Å². The molecule has 0 N–H and O–H groups in total. The standard InChI is InChI=1S/C60H38N2O/c1-2-17-42(18-3-1)61-55-29-11-8-24-49(55)45-20-4-6-22-47(45)53-37-39(32-34-57(53)61)40-33-35-58-54(38-40)48-23-7-5-21-46(48)50-25-9-12-30-56(50)62(58)43-19-14-16-41(36-43)44-27-15-28-52-51-26-10-13-31-59(51)63-60(44)52/h1-38H. The summed E-state index contributed by atoms with van der Waals surface area (Å²) in [6.07, 6.45) is 0. The average molecular weight is 803 g/mol. The fourth-order valence-electron chi connectivity index (χ4n) is 10.1. The van der Waals surface area contributed by atoms with Gasteiger partial charge in [0.2, 0.25) is 0 Å². The van der Waals surface area contributed by atoms with Gasteiger partial charge in [-0.15, -0.1) is 0 Å². The zero-order valence-corrected chi connectivity index (χ0v) is 34.2. The van der Waals surface area contributed by atoms with E-state index in [1.807, 2.05) is 6.07 Å². The van der Waals surface area contributed by atoms with E-state index in [9.17, 15) is 0 Å². The van der Waals surface area contributed by atoms with Gasteiger partial charge < -0.3 is 14.2 Å². The van der Waals surface area contributed by atoms with E-state index in [-0.39, 0.29) is 0 Å². The van der Waals surface area contributed by atoms with Gasteiger partial charge in [-0.2, -0.15) is 0 Å². The quantitative estimate of drug-likeness (QED) is 0.177. The first-order valence-corrected chi connectivity index (χ1v) is 21.6. The first kappa shape index (κ1) is 35.4. The molecule has 0 spiro atoms. The zero-order chi connectivity index (χ0) is 41.4. The number of fused-ring (bicyclic) bond motifs is 13. The SMILES string of the molecule is c1ccc(N2c3ccccc3-c3ccccc3-c3cc(-c4ccc5c(c4)-c4ccccc4-c4ccccc4N5c4cccc(-c5cccc6c5oc5ccccc56)c4)ccc32)cc1. The molecule has 0 radical (unpaired) electrons. The van der Waals surface area contributed by atoms with Gasteiger partial charge in [-0.3, -0.25) is 0 Å². The number of furan rings is 1. The number of benzene rings is 10. The second kappa shape index (κ2) is 14.1. The lowest BCUT2D eigenvalue weighted by Crippen LogP contribution is -2.11. The van der Waals surface area contributed by atoms with Crippen molar-refractivity contribution in [3.8, 4) is 66.8 Å². The summed E-state index contributed by atoms with van der Waals surface area (Å²) in [4.78, 5) is 4.86. The molecule has 11 aromatic rings. The van der Waals surface area contributed by atoms with Crippen molar-refractivity contribution in [1.29, 1.82) is 0 Å². The fourth-order valence-corrected chi connectivity index (χ4v) is 10.1. The van der Waals surface area contributed by atoms with Crippen molar-refractivity contribution in [2.75, 3.05) is 9.80 Å². The molecule has 3 heterocycles. The Hall–Kier alpha value is -8.40. The Morgan fingerprint density at radius 3 is 1.33 bits per heavy atom. The summed E-state index contributed by atoms with van der Waals surface area (Å²) in [5.41, 5.74) is 22.8. The third-order valence-electron chi connectivity index (χ3n) is 12.9. The van der Waals surface area contributed by atoms with Crippen LogP contribution in [0, 0.1) is 0 Å². The first-order valence-electron chi connectivity index (χ1n) is 21.6. The van der Waals surface area contributed by atoms with Crippen LogP contribution >= 0.6 is 0 Å². The summed E-state index contributed by atoms with van der Waals surface area (Å²) in [5, 5.41) is 2.26. The minimum atomic E-state index is 0.900. The van der Waals surface area contributed by atoms with Gasteiger partial charge >= 0.3 is 0 Å². The maximum Gasteiger partial charge on any atom is 0.143 e. The molecule has 3 nitrogen and oxygen atoms in total. The van der Waals surface area contributed by atoms with Crippen LogP contribution in [0.5, 0.6) is 0 Å². The fraction of sp³-hybridized carbons (Fsp3) is 0. The second-order valence-electron chi connectivity index (χ2n) is 16.4. The number of para-hydroxylation sites is 5. The molecule has 0 unspecified atom stereocenters. The monoisotopic (exact) mass is 802 g/mol. The molecule has 0 saturated carbocycles. The van der Waals surface area contributed by atoms with Crippen LogP contribution in [-0.2, 0) is 0 Å². The van der Waals surface area contributed by atoms with Crippen LogP contribution in [0.15, 0.2) is 235 Å². The van der Waals surface area contributed by atoms with Crippen molar-refractivity contribution < 1.29 is 4.42 Å². The van der Waals surface area contributed by atoms with Crippen molar-refractivity contribution in [3.05, 3.63) is 231 Å². The molecule has 3 heteroatoms. The van der Waals surface area contributed by atoms with Crippen LogP contribution in [0.3, 0.4) is 0 Å². The molecule has 1 aromatic heterocycles. The lowest BCUT2D eigenvalue weighted by molar-refractivity contribution is 0.670. The van der Waals surface area contributed by atoms with Crippen LogP contribution in [0.2, 0.25) is 0 Å². The molecular weight excluding hydrogens is 765 g/mol. The van der Waals surface area contributed by atoms with E-state index in [2.05, 4.69) is 234 Å². The van der Waals surface area contributed by atoms with Gasteiger partial charge in [0, 0.05) is 50.0 Å². The third-order valence-corrected chi connectivity index (χ3v) is 12.9. The van der Waals surface area contributed by atoms with Gasteiger partial charge in [0.25, 0.3) is 0 Å². The van der Waals surface area contributed by atoms with E-state index in [1.165, 1.54) is 50.2 Å². The van der Waals surface area contributed by atoms with Crippen molar-refractivity contribution in [2.24, 2.45) is 0 Å². The Morgan fingerprint density at radius 1 is 0.254 bits per heavy atom. The first-order chi connectivity index (χ1) is 31.3. The maximum absolute atomic E-state index is 6.54. The van der Waals surface area contributed by atoms with Gasteiger partial charge in [-0.05, 0) is 106 Å². The van der Waals surface area contributed by atoms with Gasteiger partial charge in [0.05, 0.1) is 22.7 Å². The number of hydrogen-bond donors (Lipinski definition) is 0. The molecule has 0 saturated heterocycles. The number of nitrogens with zero attached hydrogens (tertiary/aromatic N) is 2. The summed E-state index contributed by atoms with van der Waals surface area (Å²) in [6, 6.07) is 83.7. The molecule has 10 aromatic carbocycles. The lowest BCUT2D eigenvalue weighted by Gasteiger charge is -2.28. The molecule has 0 amide bonds. The smallest absolute Gasteiger partial charge is 0.143 e. The van der Waals surface area contributed by atoms with E-state index in [0.29, 0.717) is 0 Å². The van der Waals surface area contributed by atoms with Crippen molar-refractivity contribution in [3.63, 3.8) is 0 Å². The molecule has 2 aliphatic heterocycles. The van der Waals surface area contributed by atoms with Gasteiger partial charge in [0.15, 0.2) is 0 Å². The Bertz CT molecular complexity index is 3600.